The first-order valence-corrected chi connectivity index (χ1v) is 7.93. The number of halogens is 2. The molecule has 2 aromatic rings. The number of benzene rings is 2. The monoisotopic (exact) mass is 332 g/mol. The van der Waals surface area contributed by atoms with Gasteiger partial charge < -0.3 is 5.32 Å². The summed E-state index contributed by atoms with van der Waals surface area (Å²) in [5.41, 5.74) is 1.52. The van der Waals surface area contributed by atoms with Gasteiger partial charge in [0.2, 0.25) is 5.91 Å². The Kier molecular flexibility index (Phi) is 6.44. The van der Waals surface area contributed by atoms with Crippen molar-refractivity contribution in [3.8, 4) is 0 Å². The number of nitrogens with one attached hydrogen (secondary N) is 1. The predicted molar refractivity (Wildman–Crippen MR) is 90.4 cm³/mol. The fraction of sp³-hybridized carbons (Fsp3) is 0.316. The van der Waals surface area contributed by atoms with Gasteiger partial charge in [-0.05, 0) is 44.2 Å². The van der Waals surface area contributed by atoms with Crippen LogP contribution in [0.2, 0.25) is 0 Å². The zero-order valence-electron chi connectivity index (χ0n) is 13.9. The van der Waals surface area contributed by atoms with Crippen LogP contribution >= 0.6 is 0 Å². The van der Waals surface area contributed by atoms with Crippen molar-refractivity contribution in [3.05, 3.63) is 71.3 Å². The van der Waals surface area contributed by atoms with Crippen LogP contribution in [0.15, 0.2) is 48.5 Å². The van der Waals surface area contributed by atoms with Gasteiger partial charge in [-0.15, -0.1) is 0 Å². The van der Waals surface area contributed by atoms with Crippen LogP contribution in [0.5, 0.6) is 0 Å². The minimum atomic E-state index is -0.377. The van der Waals surface area contributed by atoms with Crippen LogP contribution < -0.4 is 5.32 Å². The molecule has 3 nitrogen and oxygen atoms in total. The molecule has 2 aromatic carbocycles. The quantitative estimate of drug-likeness (QED) is 0.845. The van der Waals surface area contributed by atoms with Gasteiger partial charge in [0.05, 0.1) is 6.04 Å². The Morgan fingerprint density at radius 3 is 2.46 bits per heavy atom. The predicted octanol–water partition coefficient (Wildman–Crippen LogP) is 3.14. The number of rotatable bonds is 7. The van der Waals surface area contributed by atoms with E-state index in [1.807, 2.05) is 0 Å². The Hall–Kier alpha value is -2.27. The largest absolute Gasteiger partial charge is 0.354 e. The number of hydrogen-bond donors (Lipinski definition) is 1. The van der Waals surface area contributed by atoms with E-state index in [2.05, 4.69) is 5.32 Å². The van der Waals surface area contributed by atoms with Crippen LogP contribution in [0, 0.1) is 11.6 Å². The molecule has 0 radical (unpaired) electrons. The fourth-order valence-electron chi connectivity index (χ4n) is 2.36. The minimum Gasteiger partial charge on any atom is -0.354 e. The standard InChI is InChI=1S/C19H22F2N2O/c1-14(23(2)13-16-5-3-4-6-18(16)21)19(24)22-12-11-15-7-9-17(20)10-8-15/h3-10,14H,11-13H2,1-2H3,(H,22,24). The topological polar surface area (TPSA) is 32.3 Å². The van der Waals surface area contributed by atoms with Crippen LogP contribution in [0.4, 0.5) is 8.78 Å². The Morgan fingerprint density at radius 2 is 1.79 bits per heavy atom. The SMILES string of the molecule is CC(C(=O)NCCc1ccc(F)cc1)N(C)Cc1ccccc1F. The molecule has 0 fully saturated rings. The van der Waals surface area contributed by atoms with E-state index >= 15 is 0 Å². The van der Waals surface area contributed by atoms with Crippen molar-refractivity contribution < 1.29 is 13.6 Å². The Balaban J connectivity index is 1.80. The third-order valence-electron chi connectivity index (χ3n) is 4.04. The van der Waals surface area contributed by atoms with E-state index in [0.717, 1.165) is 5.56 Å². The molecule has 0 aliphatic carbocycles. The van der Waals surface area contributed by atoms with Crippen LogP contribution in [-0.2, 0) is 17.8 Å². The summed E-state index contributed by atoms with van der Waals surface area (Å²) >= 11 is 0. The van der Waals surface area contributed by atoms with E-state index in [1.165, 1.54) is 18.2 Å². The highest BCUT2D eigenvalue weighted by molar-refractivity contribution is 5.81. The first-order chi connectivity index (χ1) is 11.5. The first kappa shape index (κ1) is 18.1. The van der Waals surface area contributed by atoms with Crippen molar-refractivity contribution in [2.24, 2.45) is 0 Å². The molecule has 1 atom stereocenters. The number of amides is 1. The maximum absolute atomic E-state index is 13.7. The van der Waals surface area contributed by atoms with Crippen molar-refractivity contribution >= 4 is 5.91 Å². The second-order valence-electron chi connectivity index (χ2n) is 5.85. The molecular formula is C19H22F2N2O. The molecule has 0 aliphatic rings. The molecular weight excluding hydrogens is 310 g/mol. The molecule has 5 heteroatoms. The van der Waals surface area contributed by atoms with Crippen LogP contribution in [0.3, 0.4) is 0 Å². The number of nitrogens with zero attached hydrogens (tertiary/aromatic N) is 1. The lowest BCUT2D eigenvalue weighted by molar-refractivity contribution is -0.125. The van der Waals surface area contributed by atoms with Gasteiger partial charge in [-0.25, -0.2) is 8.78 Å². The molecule has 0 aliphatic heterocycles. The van der Waals surface area contributed by atoms with Gasteiger partial charge in [0.15, 0.2) is 0 Å². The van der Waals surface area contributed by atoms with E-state index < -0.39 is 0 Å². The highest BCUT2D eigenvalue weighted by Gasteiger charge is 2.18. The molecule has 0 bridgehead atoms. The molecule has 1 unspecified atom stereocenters. The third kappa shape index (κ3) is 5.13. The van der Waals surface area contributed by atoms with E-state index in [-0.39, 0.29) is 23.6 Å². The molecule has 1 amide bonds. The van der Waals surface area contributed by atoms with Crippen molar-refractivity contribution in [2.45, 2.75) is 25.9 Å². The Labute approximate surface area is 141 Å². The summed E-state index contributed by atoms with van der Waals surface area (Å²) in [6, 6.07) is 12.4. The molecule has 0 heterocycles. The molecule has 0 aromatic heterocycles. The Bertz CT molecular complexity index is 673. The summed E-state index contributed by atoms with van der Waals surface area (Å²) in [6.07, 6.45) is 0.635. The summed E-state index contributed by atoms with van der Waals surface area (Å²) in [6.45, 7) is 2.62. The first-order valence-electron chi connectivity index (χ1n) is 7.93. The average molecular weight is 332 g/mol. The van der Waals surface area contributed by atoms with E-state index in [9.17, 15) is 13.6 Å². The van der Waals surface area contributed by atoms with Crippen LogP contribution in [0.25, 0.3) is 0 Å². The normalized spacial score (nSPS) is 12.2. The summed E-state index contributed by atoms with van der Waals surface area (Å²) in [5.74, 6) is -0.657. The smallest absolute Gasteiger partial charge is 0.237 e. The number of carbonyl (C=O) groups excluding carboxylic acids is 1. The molecule has 1 N–H and O–H groups in total. The highest BCUT2D eigenvalue weighted by atomic mass is 19.1. The fourth-order valence-corrected chi connectivity index (χ4v) is 2.36. The number of likely N-dealkylation sites (N-methyl/N-ethyl adjacent to an activating group) is 1. The van der Waals surface area contributed by atoms with Gasteiger partial charge in [-0.1, -0.05) is 30.3 Å². The molecule has 0 saturated carbocycles. The lowest BCUT2D eigenvalue weighted by Gasteiger charge is -2.24. The lowest BCUT2D eigenvalue weighted by Crippen LogP contribution is -2.43. The molecule has 128 valence electrons. The summed E-state index contributed by atoms with van der Waals surface area (Å²) in [4.78, 5) is 14.0. The maximum atomic E-state index is 13.7. The van der Waals surface area contributed by atoms with Crippen molar-refractivity contribution in [1.82, 2.24) is 10.2 Å². The second kappa shape index (κ2) is 8.55. The lowest BCUT2D eigenvalue weighted by atomic mass is 10.1. The van der Waals surface area contributed by atoms with Crippen molar-refractivity contribution in [3.63, 3.8) is 0 Å². The summed E-state index contributed by atoms with van der Waals surface area (Å²) in [5, 5.41) is 2.86. The van der Waals surface area contributed by atoms with Gasteiger partial charge in [-0.3, -0.25) is 9.69 Å². The second-order valence-corrected chi connectivity index (χ2v) is 5.85. The number of carbonyl (C=O) groups is 1. The highest BCUT2D eigenvalue weighted by Crippen LogP contribution is 2.11. The Morgan fingerprint density at radius 1 is 1.12 bits per heavy atom. The van der Waals surface area contributed by atoms with Gasteiger partial charge in [0.25, 0.3) is 0 Å². The summed E-state index contributed by atoms with van der Waals surface area (Å²) in [7, 11) is 1.79. The molecule has 2 rings (SSSR count). The van der Waals surface area contributed by atoms with Gasteiger partial charge in [0.1, 0.15) is 11.6 Å². The number of hydrogen-bond acceptors (Lipinski definition) is 2. The van der Waals surface area contributed by atoms with E-state index in [0.29, 0.717) is 25.1 Å². The van der Waals surface area contributed by atoms with Crippen LogP contribution in [-0.4, -0.2) is 30.4 Å². The summed E-state index contributed by atoms with van der Waals surface area (Å²) < 4.78 is 26.5. The minimum absolute atomic E-state index is 0.115. The van der Waals surface area contributed by atoms with Gasteiger partial charge in [-0.2, -0.15) is 0 Å². The zero-order chi connectivity index (χ0) is 17.5. The maximum Gasteiger partial charge on any atom is 0.237 e. The zero-order valence-corrected chi connectivity index (χ0v) is 13.9. The van der Waals surface area contributed by atoms with Gasteiger partial charge in [0, 0.05) is 18.7 Å². The molecule has 0 spiro atoms. The van der Waals surface area contributed by atoms with Gasteiger partial charge >= 0.3 is 0 Å². The molecule has 24 heavy (non-hydrogen) atoms. The van der Waals surface area contributed by atoms with Crippen molar-refractivity contribution in [1.29, 1.82) is 0 Å². The third-order valence-corrected chi connectivity index (χ3v) is 4.04. The van der Waals surface area contributed by atoms with E-state index in [4.69, 9.17) is 0 Å². The molecule has 0 saturated heterocycles. The van der Waals surface area contributed by atoms with Crippen LogP contribution in [0.1, 0.15) is 18.1 Å². The average Bonchev–Trinajstić information content (AvgIpc) is 2.58. The van der Waals surface area contributed by atoms with Crippen molar-refractivity contribution in [2.75, 3.05) is 13.6 Å². The van der Waals surface area contributed by atoms with E-state index in [1.54, 1.807) is 49.2 Å².